The fraction of sp³-hybridized carbons (Fsp3) is 0.222. The molecule has 2 aromatic rings. The Bertz CT molecular complexity index is 549. The summed E-state index contributed by atoms with van der Waals surface area (Å²) in [6.07, 6.45) is 0. The Morgan fingerprint density at radius 2 is 2.28 bits per heavy atom. The number of aliphatic carboxylic acids is 1. The molecule has 96 valence electrons. The molecule has 0 saturated carbocycles. The zero-order valence-electron chi connectivity index (χ0n) is 8.72. The van der Waals surface area contributed by atoms with Crippen LogP contribution in [0.5, 0.6) is 0 Å². The van der Waals surface area contributed by atoms with Crippen LogP contribution in [0.3, 0.4) is 0 Å². The van der Waals surface area contributed by atoms with Crippen LogP contribution in [0.1, 0.15) is 5.89 Å². The Morgan fingerprint density at radius 1 is 1.50 bits per heavy atom. The Labute approximate surface area is 122 Å². The molecule has 0 aliphatic heterocycles. The van der Waals surface area contributed by atoms with E-state index in [0.717, 1.165) is 13.1 Å². The largest absolute Gasteiger partial charge is 0.480 e. The van der Waals surface area contributed by atoms with E-state index in [0.29, 0.717) is 5.89 Å². The highest BCUT2D eigenvalue weighted by atomic mass is 79.9. The molecule has 0 fully saturated rings. The van der Waals surface area contributed by atoms with E-state index in [9.17, 15) is 4.79 Å². The van der Waals surface area contributed by atoms with Crippen molar-refractivity contribution in [1.29, 1.82) is 0 Å². The molecule has 18 heavy (non-hydrogen) atoms. The van der Waals surface area contributed by atoms with Gasteiger partial charge in [-0.15, -0.1) is 21.5 Å². The summed E-state index contributed by atoms with van der Waals surface area (Å²) in [7, 11) is 0. The van der Waals surface area contributed by atoms with Gasteiger partial charge in [0, 0.05) is 4.47 Å². The van der Waals surface area contributed by atoms with Crippen LogP contribution in [0.4, 0.5) is 0 Å². The molecule has 2 rings (SSSR count). The molecule has 0 aliphatic rings. The van der Waals surface area contributed by atoms with Crippen LogP contribution in [-0.4, -0.2) is 27.9 Å². The van der Waals surface area contributed by atoms with Gasteiger partial charge < -0.3 is 14.3 Å². The average Bonchev–Trinajstić information content (AvgIpc) is 2.87. The van der Waals surface area contributed by atoms with E-state index in [1.165, 1.54) is 11.3 Å². The normalized spacial score (nSPS) is 10.8. The monoisotopic (exact) mass is 396 g/mol. The Kier molecular flexibility index (Phi) is 4.49. The maximum atomic E-state index is 10.3. The third kappa shape index (κ3) is 3.37. The van der Waals surface area contributed by atoms with Gasteiger partial charge in [0.05, 0.1) is 8.66 Å². The van der Waals surface area contributed by atoms with Crippen LogP contribution in [-0.2, 0) is 16.1 Å². The van der Waals surface area contributed by atoms with E-state index < -0.39 is 12.6 Å². The quantitative estimate of drug-likeness (QED) is 0.834. The summed E-state index contributed by atoms with van der Waals surface area (Å²) < 4.78 is 12.0. The van der Waals surface area contributed by atoms with E-state index >= 15 is 0 Å². The van der Waals surface area contributed by atoms with Crippen molar-refractivity contribution in [3.8, 4) is 10.8 Å². The first-order valence-electron chi connectivity index (χ1n) is 4.63. The third-order valence-corrected chi connectivity index (χ3v) is 5.02. The second-order valence-electron chi connectivity index (χ2n) is 3.12. The van der Waals surface area contributed by atoms with Gasteiger partial charge in [0.1, 0.15) is 13.2 Å². The summed E-state index contributed by atoms with van der Waals surface area (Å²) in [6.45, 7) is -0.416. The maximum absolute atomic E-state index is 10.3. The van der Waals surface area contributed by atoms with Gasteiger partial charge in [-0.2, -0.15) is 0 Å². The van der Waals surface area contributed by atoms with Crippen molar-refractivity contribution >= 4 is 49.2 Å². The molecule has 0 amide bonds. The summed E-state index contributed by atoms with van der Waals surface area (Å²) >= 11 is 8.18. The first-order chi connectivity index (χ1) is 8.56. The van der Waals surface area contributed by atoms with Gasteiger partial charge in [0.2, 0.25) is 5.89 Å². The van der Waals surface area contributed by atoms with Crippen molar-refractivity contribution in [2.75, 3.05) is 6.61 Å². The minimum Gasteiger partial charge on any atom is -0.480 e. The molecule has 2 heterocycles. The summed E-state index contributed by atoms with van der Waals surface area (Å²) in [6, 6.07) is 1.85. The van der Waals surface area contributed by atoms with Gasteiger partial charge in [-0.05, 0) is 37.9 Å². The van der Waals surface area contributed by atoms with Crippen LogP contribution < -0.4 is 0 Å². The molecule has 0 atom stereocenters. The number of hydrogen-bond acceptors (Lipinski definition) is 6. The Morgan fingerprint density at radius 3 is 2.89 bits per heavy atom. The standard InChI is InChI=1S/C9H6Br2N2O4S/c10-4-1-5(18-8(4)11)9-13-12-6(17-9)2-16-3-7(14)15/h1H,2-3H2,(H,14,15). The first-order valence-corrected chi connectivity index (χ1v) is 7.03. The molecule has 0 aromatic carbocycles. The number of thiophene rings is 1. The van der Waals surface area contributed by atoms with E-state index in [4.69, 9.17) is 14.3 Å². The van der Waals surface area contributed by atoms with E-state index in [-0.39, 0.29) is 12.5 Å². The Hall–Kier alpha value is -0.770. The van der Waals surface area contributed by atoms with Gasteiger partial charge in [-0.1, -0.05) is 0 Å². The molecular weight excluding hydrogens is 392 g/mol. The number of ether oxygens (including phenoxy) is 1. The van der Waals surface area contributed by atoms with E-state index in [1.807, 2.05) is 6.07 Å². The number of carboxylic acids is 1. The molecule has 0 spiro atoms. The van der Waals surface area contributed by atoms with Gasteiger partial charge in [-0.25, -0.2) is 4.79 Å². The van der Waals surface area contributed by atoms with Crippen molar-refractivity contribution in [2.45, 2.75) is 6.61 Å². The van der Waals surface area contributed by atoms with Crippen LogP contribution in [0, 0.1) is 0 Å². The predicted molar refractivity (Wildman–Crippen MR) is 70.3 cm³/mol. The molecular formula is C9H6Br2N2O4S. The number of carbonyl (C=O) groups is 1. The topological polar surface area (TPSA) is 85.5 Å². The van der Waals surface area contributed by atoms with Gasteiger partial charge in [0.25, 0.3) is 5.89 Å². The number of carboxylic acid groups (broad SMARTS) is 1. The zero-order chi connectivity index (χ0) is 13.1. The van der Waals surface area contributed by atoms with E-state index in [1.54, 1.807) is 0 Å². The second-order valence-corrected chi connectivity index (χ2v) is 6.34. The van der Waals surface area contributed by atoms with Gasteiger partial charge in [-0.3, -0.25) is 0 Å². The van der Waals surface area contributed by atoms with Gasteiger partial charge in [0.15, 0.2) is 0 Å². The fourth-order valence-electron chi connectivity index (χ4n) is 1.09. The fourth-order valence-corrected chi connectivity index (χ4v) is 3.05. The van der Waals surface area contributed by atoms with Crippen molar-refractivity contribution in [3.63, 3.8) is 0 Å². The van der Waals surface area contributed by atoms with Crippen molar-refractivity contribution in [2.24, 2.45) is 0 Å². The SMILES string of the molecule is O=C(O)COCc1nnc(-c2cc(Br)c(Br)s2)o1. The molecule has 6 nitrogen and oxygen atoms in total. The molecule has 2 aromatic heterocycles. The summed E-state index contributed by atoms with van der Waals surface area (Å²) in [4.78, 5) is 11.1. The minimum atomic E-state index is -1.04. The van der Waals surface area contributed by atoms with Gasteiger partial charge >= 0.3 is 5.97 Å². The molecule has 0 saturated heterocycles. The van der Waals surface area contributed by atoms with Crippen molar-refractivity contribution < 1.29 is 19.1 Å². The third-order valence-electron chi connectivity index (χ3n) is 1.77. The minimum absolute atomic E-state index is 0.0208. The number of aromatic nitrogens is 2. The lowest BCUT2D eigenvalue weighted by atomic mass is 10.5. The molecule has 1 N–H and O–H groups in total. The van der Waals surface area contributed by atoms with Crippen LogP contribution in [0.15, 0.2) is 18.7 Å². The molecule has 0 aliphatic carbocycles. The number of nitrogens with zero attached hydrogens (tertiary/aromatic N) is 2. The summed E-state index contributed by atoms with van der Waals surface area (Å²) in [5.74, 6) is -0.423. The lowest BCUT2D eigenvalue weighted by molar-refractivity contribution is -0.142. The zero-order valence-corrected chi connectivity index (χ0v) is 12.7. The van der Waals surface area contributed by atoms with E-state index in [2.05, 4.69) is 42.1 Å². The highest BCUT2D eigenvalue weighted by Gasteiger charge is 2.13. The molecule has 0 unspecified atom stereocenters. The first kappa shape index (κ1) is 13.7. The summed E-state index contributed by atoms with van der Waals surface area (Å²) in [5, 5.41) is 16.0. The predicted octanol–water partition coefficient (Wildman–Crippen LogP) is 2.92. The van der Waals surface area contributed by atoms with Crippen molar-refractivity contribution in [3.05, 3.63) is 20.2 Å². The number of rotatable bonds is 5. The lowest BCUT2D eigenvalue weighted by Crippen LogP contribution is -2.06. The smallest absolute Gasteiger partial charge is 0.329 e. The molecule has 9 heteroatoms. The lowest BCUT2D eigenvalue weighted by Gasteiger charge is -1.94. The van der Waals surface area contributed by atoms with Crippen molar-refractivity contribution in [1.82, 2.24) is 10.2 Å². The van der Waals surface area contributed by atoms with Crippen LogP contribution in [0.2, 0.25) is 0 Å². The molecule has 0 radical (unpaired) electrons. The number of hydrogen-bond donors (Lipinski definition) is 1. The Balaban J connectivity index is 2.03. The highest BCUT2D eigenvalue weighted by Crippen LogP contribution is 2.37. The molecule has 0 bridgehead atoms. The highest BCUT2D eigenvalue weighted by molar-refractivity contribution is 9.13. The second kappa shape index (κ2) is 5.91. The average molecular weight is 398 g/mol. The maximum Gasteiger partial charge on any atom is 0.329 e. The van der Waals surface area contributed by atoms with Crippen LogP contribution >= 0.6 is 43.2 Å². The van der Waals surface area contributed by atoms with Crippen LogP contribution in [0.25, 0.3) is 10.8 Å². The summed E-state index contributed by atoms with van der Waals surface area (Å²) in [5.41, 5.74) is 0. The number of halogens is 2.